The van der Waals surface area contributed by atoms with Gasteiger partial charge in [0.15, 0.2) is 0 Å². The fourth-order valence-electron chi connectivity index (χ4n) is 2.72. The molecule has 6 nitrogen and oxygen atoms in total. The molecule has 0 bridgehead atoms. The molecule has 0 aromatic carbocycles. The third-order valence-corrected chi connectivity index (χ3v) is 3.85. The molecule has 1 atom stereocenters. The molecule has 1 unspecified atom stereocenters. The average molecular weight is 283 g/mol. The molecular weight excluding hydrogens is 258 g/mol. The summed E-state index contributed by atoms with van der Waals surface area (Å²) in [5.41, 5.74) is 3.51. The summed E-state index contributed by atoms with van der Waals surface area (Å²) in [5.74, 6) is 0. The van der Waals surface area contributed by atoms with Gasteiger partial charge in [0.1, 0.15) is 0 Å². The molecule has 0 saturated carbocycles. The van der Waals surface area contributed by atoms with Gasteiger partial charge >= 0.3 is 0 Å². The summed E-state index contributed by atoms with van der Waals surface area (Å²) in [4.78, 5) is 2.33. The molecule has 6 heteroatoms. The lowest BCUT2D eigenvalue weighted by Gasteiger charge is -2.32. The molecular formula is C14H25N3O3. The van der Waals surface area contributed by atoms with Crippen LogP contribution in [0.3, 0.4) is 0 Å². The van der Waals surface area contributed by atoms with E-state index < -0.39 is 0 Å². The third kappa shape index (κ3) is 3.38. The first-order chi connectivity index (χ1) is 9.65. The highest BCUT2D eigenvalue weighted by atomic mass is 16.5. The number of morpholine rings is 1. The molecule has 114 valence electrons. The van der Waals surface area contributed by atoms with Crippen molar-refractivity contribution in [3.63, 3.8) is 0 Å². The van der Waals surface area contributed by atoms with E-state index in [1.807, 2.05) is 4.68 Å². The van der Waals surface area contributed by atoms with Gasteiger partial charge in [-0.15, -0.1) is 0 Å². The van der Waals surface area contributed by atoms with Gasteiger partial charge in [0.05, 0.1) is 51.3 Å². The van der Waals surface area contributed by atoms with E-state index in [0.717, 1.165) is 25.5 Å². The summed E-state index contributed by atoms with van der Waals surface area (Å²) >= 11 is 0. The van der Waals surface area contributed by atoms with E-state index in [9.17, 15) is 0 Å². The van der Waals surface area contributed by atoms with Gasteiger partial charge in [-0.25, -0.2) is 0 Å². The maximum absolute atomic E-state index is 8.70. The molecule has 1 fully saturated rings. The molecule has 2 rings (SSSR count). The van der Waals surface area contributed by atoms with Gasteiger partial charge in [0.2, 0.25) is 0 Å². The van der Waals surface area contributed by atoms with Crippen LogP contribution in [0.1, 0.15) is 23.0 Å². The second kappa shape index (κ2) is 7.17. The van der Waals surface area contributed by atoms with Gasteiger partial charge in [-0.2, -0.15) is 5.10 Å². The van der Waals surface area contributed by atoms with Gasteiger partial charge in [-0.3, -0.25) is 9.58 Å². The van der Waals surface area contributed by atoms with Gasteiger partial charge in [-0.05, 0) is 20.9 Å². The minimum atomic E-state index is 0.0621. The summed E-state index contributed by atoms with van der Waals surface area (Å²) in [5, 5.41) is 13.3. The zero-order valence-electron chi connectivity index (χ0n) is 12.6. The normalized spacial score (nSPS) is 20.5. The van der Waals surface area contributed by atoms with Crippen LogP contribution in [0, 0.1) is 13.8 Å². The Balaban J connectivity index is 2.07. The number of likely N-dealkylation sites (N-methyl/N-ethyl adjacent to an activating group) is 1. The minimum Gasteiger partial charge on any atom is -0.394 e. The molecule has 1 N–H and O–H groups in total. The maximum Gasteiger partial charge on any atom is 0.0698 e. The van der Waals surface area contributed by atoms with E-state index >= 15 is 0 Å². The highest BCUT2D eigenvalue weighted by molar-refractivity contribution is 5.28. The van der Waals surface area contributed by atoms with Crippen molar-refractivity contribution in [3.05, 3.63) is 17.0 Å². The standard InChI is InChI=1S/C14H25N3O3/c1-11-14(13-10-20-7-4-16(13)3)12(2)17(15-11)5-8-19-9-6-18/h13,18H,4-10H2,1-3H3. The van der Waals surface area contributed by atoms with Crippen molar-refractivity contribution < 1.29 is 14.6 Å². The molecule has 20 heavy (non-hydrogen) atoms. The number of aromatic nitrogens is 2. The molecule has 1 aliphatic rings. The predicted octanol–water partition coefficient (Wildman–Crippen LogP) is 0.512. The van der Waals surface area contributed by atoms with Gasteiger partial charge in [0, 0.05) is 17.8 Å². The Labute approximate surface area is 120 Å². The summed E-state index contributed by atoms with van der Waals surface area (Å²) in [7, 11) is 2.13. The Kier molecular flexibility index (Phi) is 5.54. The number of aliphatic hydroxyl groups is 1. The summed E-state index contributed by atoms with van der Waals surface area (Å²) in [6.45, 7) is 8.36. The Morgan fingerprint density at radius 2 is 2.20 bits per heavy atom. The molecule has 0 spiro atoms. The van der Waals surface area contributed by atoms with Crippen molar-refractivity contribution in [1.82, 2.24) is 14.7 Å². The lowest BCUT2D eigenvalue weighted by Crippen LogP contribution is -2.37. The number of aliphatic hydroxyl groups excluding tert-OH is 1. The number of hydrogen-bond acceptors (Lipinski definition) is 5. The van der Waals surface area contributed by atoms with Crippen molar-refractivity contribution >= 4 is 0 Å². The molecule has 0 amide bonds. The van der Waals surface area contributed by atoms with Crippen molar-refractivity contribution in [2.45, 2.75) is 26.4 Å². The molecule has 1 aromatic rings. The van der Waals surface area contributed by atoms with E-state index in [1.165, 1.54) is 11.3 Å². The second-order valence-electron chi connectivity index (χ2n) is 5.21. The van der Waals surface area contributed by atoms with Crippen LogP contribution < -0.4 is 0 Å². The van der Waals surface area contributed by atoms with Crippen molar-refractivity contribution in [2.24, 2.45) is 0 Å². The topological polar surface area (TPSA) is 59.8 Å². The van der Waals surface area contributed by atoms with E-state index in [0.29, 0.717) is 19.8 Å². The van der Waals surface area contributed by atoms with Crippen LogP contribution in [0.15, 0.2) is 0 Å². The Morgan fingerprint density at radius 1 is 1.40 bits per heavy atom. The number of rotatable bonds is 6. The molecule has 1 aliphatic heterocycles. The third-order valence-electron chi connectivity index (χ3n) is 3.85. The number of ether oxygens (including phenoxy) is 2. The lowest BCUT2D eigenvalue weighted by molar-refractivity contribution is 0.00454. The minimum absolute atomic E-state index is 0.0621. The molecule has 0 radical (unpaired) electrons. The smallest absolute Gasteiger partial charge is 0.0698 e. The molecule has 2 heterocycles. The van der Waals surface area contributed by atoms with Crippen LogP contribution in [-0.4, -0.2) is 66.4 Å². The summed E-state index contributed by atoms with van der Waals surface area (Å²) in [6.07, 6.45) is 0. The predicted molar refractivity (Wildman–Crippen MR) is 75.8 cm³/mol. The van der Waals surface area contributed by atoms with Crippen molar-refractivity contribution in [3.8, 4) is 0 Å². The monoisotopic (exact) mass is 283 g/mol. The van der Waals surface area contributed by atoms with E-state index in [-0.39, 0.29) is 12.6 Å². The van der Waals surface area contributed by atoms with Crippen molar-refractivity contribution in [1.29, 1.82) is 0 Å². The van der Waals surface area contributed by atoms with Crippen LogP contribution in [0.4, 0.5) is 0 Å². The highest BCUT2D eigenvalue weighted by Crippen LogP contribution is 2.28. The zero-order valence-corrected chi connectivity index (χ0v) is 12.6. The SMILES string of the molecule is Cc1nn(CCOCCO)c(C)c1C1COCCN1C. The van der Waals surface area contributed by atoms with E-state index in [1.54, 1.807) is 0 Å². The first-order valence-electron chi connectivity index (χ1n) is 7.15. The number of nitrogens with zero attached hydrogens (tertiary/aromatic N) is 3. The maximum atomic E-state index is 8.70. The Hall–Kier alpha value is -0.950. The first kappa shape index (κ1) is 15.4. The fourth-order valence-corrected chi connectivity index (χ4v) is 2.72. The lowest BCUT2D eigenvalue weighted by atomic mass is 10.0. The van der Waals surface area contributed by atoms with Crippen LogP contribution in [-0.2, 0) is 16.0 Å². The van der Waals surface area contributed by atoms with E-state index in [2.05, 4.69) is 30.9 Å². The fraction of sp³-hybridized carbons (Fsp3) is 0.786. The van der Waals surface area contributed by atoms with Crippen LogP contribution >= 0.6 is 0 Å². The molecule has 0 aliphatic carbocycles. The van der Waals surface area contributed by atoms with Crippen molar-refractivity contribution in [2.75, 3.05) is 46.6 Å². The van der Waals surface area contributed by atoms with E-state index in [4.69, 9.17) is 14.6 Å². The average Bonchev–Trinajstić information content (AvgIpc) is 2.71. The molecule has 1 aromatic heterocycles. The highest BCUT2D eigenvalue weighted by Gasteiger charge is 2.27. The van der Waals surface area contributed by atoms with Gasteiger partial charge < -0.3 is 14.6 Å². The quantitative estimate of drug-likeness (QED) is 0.771. The second-order valence-corrected chi connectivity index (χ2v) is 5.21. The van der Waals surface area contributed by atoms with Crippen LogP contribution in [0.25, 0.3) is 0 Å². The number of aryl methyl sites for hydroxylation is 1. The largest absolute Gasteiger partial charge is 0.394 e. The summed E-state index contributed by atoms with van der Waals surface area (Å²) < 4.78 is 12.9. The first-order valence-corrected chi connectivity index (χ1v) is 7.15. The van der Waals surface area contributed by atoms with Gasteiger partial charge in [-0.1, -0.05) is 0 Å². The Morgan fingerprint density at radius 3 is 2.90 bits per heavy atom. The summed E-state index contributed by atoms with van der Waals surface area (Å²) in [6, 6.07) is 0.288. The van der Waals surface area contributed by atoms with Crippen LogP contribution in [0.2, 0.25) is 0 Å². The molecule has 1 saturated heterocycles. The number of hydrogen-bond donors (Lipinski definition) is 1. The Bertz CT molecular complexity index is 434. The van der Waals surface area contributed by atoms with Crippen LogP contribution in [0.5, 0.6) is 0 Å². The van der Waals surface area contributed by atoms with Gasteiger partial charge in [0.25, 0.3) is 0 Å². The zero-order chi connectivity index (χ0) is 14.5.